The van der Waals surface area contributed by atoms with Gasteiger partial charge in [0, 0.05) is 36.0 Å². The number of thiophene rings is 1. The van der Waals surface area contributed by atoms with E-state index >= 15 is 0 Å². The van der Waals surface area contributed by atoms with Crippen molar-refractivity contribution in [1.82, 2.24) is 19.3 Å². The van der Waals surface area contributed by atoms with Crippen LogP contribution in [0.5, 0.6) is 0 Å². The zero-order chi connectivity index (χ0) is 24.7. The molecule has 184 valence electrons. The maximum Gasteiger partial charge on any atom is 0.274 e. The Labute approximate surface area is 216 Å². The number of fused-ring (bicyclic) bond motifs is 7. The van der Waals surface area contributed by atoms with E-state index in [-0.39, 0.29) is 29.5 Å². The molecule has 3 aliphatic heterocycles. The topological polar surface area (TPSA) is 79.7 Å². The van der Waals surface area contributed by atoms with Crippen LogP contribution >= 0.6 is 11.3 Å². The van der Waals surface area contributed by atoms with Gasteiger partial charge in [-0.1, -0.05) is 30.3 Å². The molecule has 0 aliphatic carbocycles. The third-order valence-electron chi connectivity index (χ3n) is 8.27. The van der Waals surface area contributed by atoms with Crippen LogP contribution in [-0.4, -0.2) is 38.4 Å². The molecule has 8 rings (SSSR count). The number of H-pyrrole nitrogens is 1. The maximum absolute atomic E-state index is 14.0. The highest BCUT2D eigenvalue weighted by Crippen LogP contribution is 2.50. The Morgan fingerprint density at radius 3 is 2.68 bits per heavy atom. The van der Waals surface area contributed by atoms with E-state index in [4.69, 9.17) is 9.72 Å². The summed E-state index contributed by atoms with van der Waals surface area (Å²) in [7, 11) is 0. The molecule has 5 aromatic rings. The van der Waals surface area contributed by atoms with Gasteiger partial charge in [-0.3, -0.25) is 14.0 Å². The number of aromatic amines is 1. The Kier molecular flexibility index (Phi) is 4.54. The number of rotatable bonds is 2. The van der Waals surface area contributed by atoms with E-state index in [2.05, 4.69) is 39.5 Å². The van der Waals surface area contributed by atoms with Crippen LogP contribution in [0.2, 0.25) is 0 Å². The lowest BCUT2D eigenvalue weighted by molar-refractivity contribution is 0.0643. The summed E-state index contributed by atoms with van der Waals surface area (Å²) >= 11 is 1.77. The van der Waals surface area contributed by atoms with E-state index in [1.165, 1.54) is 10.4 Å². The monoisotopic (exact) mass is 508 g/mol. The van der Waals surface area contributed by atoms with Gasteiger partial charge in [-0.15, -0.1) is 11.3 Å². The minimum Gasteiger partial charge on any atom is -0.381 e. The predicted octanol–water partition coefficient (Wildman–Crippen LogP) is 4.97. The minimum absolute atomic E-state index is 0.0174. The summed E-state index contributed by atoms with van der Waals surface area (Å²) in [5.41, 5.74) is 5.95. The standard InChI is InChI=1S/C29H24N4O3S/c34-28-24-15-30-27(17-6-9-36-10-7-17)32(24)23-13-19-20(12-21(23)31-28)29(35)33-22(19)14-25-18(8-11-37-25)26(33)16-4-2-1-3-5-16/h1-5,8,11-13,15,17,22,26H,6-7,9-10,14H2,(H,31,34). The van der Waals surface area contributed by atoms with Crippen molar-refractivity contribution in [3.63, 3.8) is 0 Å². The third-order valence-corrected chi connectivity index (χ3v) is 9.23. The molecule has 0 spiro atoms. The first-order valence-electron chi connectivity index (χ1n) is 12.8. The van der Waals surface area contributed by atoms with Crippen molar-refractivity contribution in [2.75, 3.05) is 13.2 Å². The van der Waals surface area contributed by atoms with E-state index in [1.54, 1.807) is 17.5 Å². The fourth-order valence-electron chi connectivity index (χ4n) is 6.56. The number of ether oxygens (including phenoxy) is 1. The van der Waals surface area contributed by atoms with Crippen molar-refractivity contribution in [2.45, 2.75) is 37.3 Å². The average Bonchev–Trinajstić information content (AvgIpc) is 3.65. The summed E-state index contributed by atoms with van der Waals surface area (Å²) in [6.07, 6.45) is 4.24. The molecule has 3 aliphatic rings. The van der Waals surface area contributed by atoms with Crippen molar-refractivity contribution < 1.29 is 9.53 Å². The number of hydrogen-bond donors (Lipinski definition) is 1. The highest BCUT2D eigenvalue weighted by Gasteiger charge is 2.46. The molecule has 2 atom stereocenters. The van der Waals surface area contributed by atoms with Gasteiger partial charge >= 0.3 is 0 Å². The van der Waals surface area contributed by atoms with E-state index < -0.39 is 0 Å². The normalized spacial score (nSPS) is 21.4. The molecule has 0 saturated carbocycles. The number of carbonyl (C=O) groups is 1. The number of nitrogens with zero attached hydrogens (tertiary/aromatic N) is 3. The largest absolute Gasteiger partial charge is 0.381 e. The van der Waals surface area contributed by atoms with Gasteiger partial charge in [0.25, 0.3) is 11.5 Å². The second kappa shape index (κ2) is 7.87. The van der Waals surface area contributed by atoms with Crippen LogP contribution in [0.3, 0.4) is 0 Å². The summed E-state index contributed by atoms with van der Waals surface area (Å²) in [6.45, 7) is 1.40. The zero-order valence-electron chi connectivity index (χ0n) is 20.0. The fourth-order valence-corrected chi connectivity index (χ4v) is 7.51. The van der Waals surface area contributed by atoms with Crippen LogP contribution in [0, 0.1) is 0 Å². The van der Waals surface area contributed by atoms with Gasteiger partial charge in [0.05, 0.1) is 29.3 Å². The summed E-state index contributed by atoms with van der Waals surface area (Å²) in [6, 6.07) is 16.3. The van der Waals surface area contributed by atoms with Crippen LogP contribution in [0.25, 0.3) is 16.6 Å². The molecule has 1 N–H and O–H groups in total. The molecule has 1 amide bonds. The van der Waals surface area contributed by atoms with Gasteiger partial charge in [0.1, 0.15) is 11.3 Å². The van der Waals surface area contributed by atoms with Crippen LogP contribution in [0.4, 0.5) is 0 Å². The maximum atomic E-state index is 14.0. The Morgan fingerprint density at radius 1 is 1.00 bits per heavy atom. The number of amides is 1. The first kappa shape index (κ1) is 21.3. The molecule has 6 heterocycles. The molecule has 8 heteroatoms. The SMILES string of the molecule is O=C1c2cc3[nH]c(=O)c4cnc(C5CCOCC5)n4c3cc2C2Cc3sccc3C(c3ccccc3)N12. The molecule has 37 heavy (non-hydrogen) atoms. The van der Waals surface area contributed by atoms with Crippen LogP contribution < -0.4 is 5.56 Å². The molecule has 2 unspecified atom stereocenters. The highest BCUT2D eigenvalue weighted by molar-refractivity contribution is 7.10. The van der Waals surface area contributed by atoms with E-state index in [0.29, 0.717) is 29.8 Å². The molecular formula is C29H24N4O3S. The second-order valence-corrected chi connectivity index (χ2v) is 11.2. The first-order chi connectivity index (χ1) is 18.2. The molecule has 0 radical (unpaired) electrons. The zero-order valence-corrected chi connectivity index (χ0v) is 20.8. The van der Waals surface area contributed by atoms with Crippen molar-refractivity contribution >= 4 is 33.8 Å². The first-order valence-corrected chi connectivity index (χ1v) is 13.7. The minimum atomic E-state index is -0.189. The summed E-state index contributed by atoms with van der Waals surface area (Å²) in [5.74, 6) is 1.16. The molecule has 3 aromatic heterocycles. The van der Waals surface area contributed by atoms with E-state index in [1.807, 2.05) is 28.7 Å². The lowest BCUT2D eigenvalue weighted by Crippen LogP contribution is -2.37. The molecule has 1 saturated heterocycles. The number of imidazole rings is 1. The second-order valence-electron chi connectivity index (χ2n) is 10.2. The number of aromatic nitrogens is 3. The van der Waals surface area contributed by atoms with Gasteiger partial charge in [-0.2, -0.15) is 0 Å². The Morgan fingerprint density at radius 2 is 1.84 bits per heavy atom. The quantitative estimate of drug-likeness (QED) is 0.365. The molecular weight excluding hydrogens is 484 g/mol. The highest BCUT2D eigenvalue weighted by atomic mass is 32.1. The number of carbonyl (C=O) groups excluding carboxylic acids is 1. The molecule has 7 nitrogen and oxygen atoms in total. The summed E-state index contributed by atoms with van der Waals surface area (Å²) in [5, 5.41) is 2.13. The Bertz CT molecular complexity index is 1760. The predicted molar refractivity (Wildman–Crippen MR) is 141 cm³/mol. The van der Waals surface area contributed by atoms with Crippen LogP contribution in [-0.2, 0) is 11.2 Å². The number of nitrogens with one attached hydrogen (secondary N) is 1. The van der Waals surface area contributed by atoms with Crippen molar-refractivity contribution in [3.05, 3.63) is 103 Å². The van der Waals surface area contributed by atoms with Gasteiger partial charge in [0.15, 0.2) is 0 Å². The summed E-state index contributed by atoms with van der Waals surface area (Å²) in [4.78, 5) is 38.2. The molecule has 0 bridgehead atoms. The fraction of sp³-hybridized carbons (Fsp3) is 0.276. The lowest BCUT2D eigenvalue weighted by atomic mass is 9.89. The van der Waals surface area contributed by atoms with E-state index in [0.717, 1.165) is 41.7 Å². The summed E-state index contributed by atoms with van der Waals surface area (Å²) < 4.78 is 7.59. The average molecular weight is 509 g/mol. The van der Waals surface area contributed by atoms with Gasteiger partial charge in [0.2, 0.25) is 0 Å². The lowest BCUT2D eigenvalue weighted by Gasteiger charge is -2.38. The Balaban J connectivity index is 1.35. The van der Waals surface area contributed by atoms with Crippen molar-refractivity contribution in [1.29, 1.82) is 0 Å². The third kappa shape index (κ3) is 3.00. The van der Waals surface area contributed by atoms with Crippen molar-refractivity contribution in [2.24, 2.45) is 0 Å². The van der Waals surface area contributed by atoms with Crippen LogP contribution in [0.1, 0.15) is 68.6 Å². The van der Waals surface area contributed by atoms with Gasteiger partial charge in [-0.25, -0.2) is 4.98 Å². The number of benzene rings is 2. The van der Waals surface area contributed by atoms with Gasteiger partial charge in [-0.05, 0) is 53.1 Å². The Hall–Kier alpha value is -3.75. The number of hydrogen-bond acceptors (Lipinski definition) is 5. The van der Waals surface area contributed by atoms with E-state index in [9.17, 15) is 9.59 Å². The molecule has 1 fully saturated rings. The van der Waals surface area contributed by atoms with Crippen LogP contribution in [0.15, 0.2) is 64.9 Å². The molecule has 2 aromatic carbocycles. The van der Waals surface area contributed by atoms with Gasteiger partial charge < -0.3 is 14.6 Å². The van der Waals surface area contributed by atoms with Crippen molar-refractivity contribution in [3.8, 4) is 0 Å². The smallest absolute Gasteiger partial charge is 0.274 e.